The average molecular weight is 175 g/mol. The van der Waals surface area contributed by atoms with E-state index in [9.17, 15) is 0 Å². The molecule has 1 aromatic carbocycles. The van der Waals surface area contributed by atoms with Crippen LogP contribution in [-0.4, -0.2) is 4.98 Å². The van der Waals surface area contributed by atoms with Crippen LogP contribution in [0.25, 0.3) is 0 Å². The van der Waals surface area contributed by atoms with Gasteiger partial charge < -0.3 is 5.32 Å². The maximum Gasteiger partial charge on any atom is 0.154 e. The molecule has 0 unspecified atom stereocenters. The third-order valence-corrected chi connectivity index (χ3v) is 1.97. The fourth-order valence-corrected chi connectivity index (χ4v) is 1.34. The predicted octanol–water partition coefficient (Wildman–Crippen LogP) is 2.69. The van der Waals surface area contributed by atoms with Gasteiger partial charge in [-0.25, -0.2) is 4.98 Å². The van der Waals surface area contributed by atoms with Gasteiger partial charge in [-0.2, -0.15) is 0 Å². The highest BCUT2D eigenvalue weighted by atomic mass is 32.1. The van der Waals surface area contributed by atoms with E-state index in [0.717, 1.165) is 11.5 Å². The quantitative estimate of drug-likeness (QED) is 0.759. The number of nitrogens with zero attached hydrogens (tertiary/aromatic N) is 1. The molecule has 0 aliphatic carbocycles. The zero-order valence-electron chi connectivity index (χ0n) is 6.32. The maximum atomic E-state index is 3.99. The average Bonchev–Trinajstić information content (AvgIpc) is 2.59. The number of thiazole rings is 1. The minimum atomic E-state index is 0.853. The Hall–Kier alpha value is -1.35. The number of nitrogens with one attached hydrogen (secondary N) is 1. The van der Waals surface area contributed by atoms with E-state index in [-0.39, 0.29) is 0 Å². The highest BCUT2D eigenvalue weighted by Gasteiger charge is 1.93. The lowest BCUT2D eigenvalue weighted by molar-refractivity contribution is 1.37. The summed E-state index contributed by atoms with van der Waals surface area (Å²) in [6.45, 7) is 0. The summed E-state index contributed by atoms with van der Waals surface area (Å²) < 4.78 is 0. The first-order valence-electron chi connectivity index (χ1n) is 3.59. The number of rotatable bonds is 2. The topological polar surface area (TPSA) is 24.9 Å². The summed E-state index contributed by atoms with van der Waals surface area (Å²) in [6.07, 6.45) is 0. The zero-order chi connectivity index (χ0) is 8.23. The van der Waals surface area contributed by atoms with Crippen molar-refractivity contribution in [2.45, 2.75) is 0 Å². The molecule has 12 heavy (non-hydrogen) atoms. The van der Waals surface area contributed by atoms with Gasteiger partial charge in [-0.3, -0.25) is 0 Å². The van der Waals surface area contributed by atoms with Gasteiger partial charge in [0.2, 0.25) is 0 Å². The molecule has 0 spiro atoms. The number of para-hydroxylation sites is 1. The molecule has 0 bridgehead atoms. The molecule has 1 radical (unpaired) electrons. The lowest BCUT2D eigenvalue weighted by Gasteiger charge is -2.00. The van der Waals surface area contributed by atoms with Crippen LogP contribution in [0.1, 0.15) is 0 Å². The summed E-state index contributed by atoms with van der Waals surface area (Å²) in [7, 11) is 0. The van der Waals surface area contributed by atoms with E-state index in [1.807, 2.05) is 35.7 Å². The van der Waals surface area contributed by atoms with Gasteiger partial charge in [0.05, 0.1) is 0 Å². The smallest absolute Gasteiger partial charge is 0.154 e. The second kappa shape index (κ2) is 3.36. The number of hydrogen-bond donors (Lipinski definition) is 1. The van der Waals surface area contributed by atoms with Gasteiger partial charge in [0.15, 0.2) is 5.51 Å². The van der Waals surface area contributed by atoms with Crippen LogP contribution < -0.4 is 5.32 Å². The number of hydrogen-bond acceptors (Lipinski definition) is 3. The molecule has 59 valence electrons. The lowest BCUT2D eigenvalue weighted by atomic mass is 10.3. The molecule has 0 fully saturated rings. The van der Waals surface area contributed by atoms with E-state index in [1.54, 1.807) is 0 Å². The first-order chi connectivity index (χ1) is 5.95. The van der Waals surface area contributed by atoms with Crippen LogP contribution in [0.5, 0.6) is 0 Å². The van der Waals surface area contributed by atoms with Gasteiger partial charge in [-0.15, -0.1) is 11.3 Å². The molecule has 1 aromatic heterocycles. The molecular weight excluding hydrogens is 168 g/mol. The summed E-state index contributed by atoms with van der Waals surface area (Å²) in [4.78, 5) is 3.99. The van der Waals surface area contributed by atoms with Crippen molar-refractivity contribution in [3.63, 3.8) is 0 Å². The van der Waals surface area contributed by atoms with E-state index in [2.05, 4.69) is 15.8 Å². The summed E-state index contributed by atoms with van der Waals surface area (Å²) in [6, 6.07) is 9.95. The monoisotopic (exact) mass is 175 g/mol. The van der Waals surface area contributed by atoms with Crippen LogP contribution in [-0.2, 0) is 0 Å². The third-order valence-electron chi connectivity index (χ3n) is 1.44. The molecule has 2 aromatic rings. The Morgan fingerprint density at radius 1 is 1.25 bits per heavy atom. The summed E-state index contributed by atoms with van der Waals surface area (Å²) >= 11 is 1.46. The molecule has 2 rings (SSSR count). The molecule has 1 N–H and O–H groups in total. The van der Waals surface area contributed by atoms with Crippen molar-refractivity contribution >= 4 is 22.8 Å². The molecule has 0 saturated carbocycles. The molecule has 0 amide bonds. The molecule has 2 nitrogen and oxygen atoms in total. The van der Waals surface area contributed by atoms with Crippen molar-refractivity contribution in [1.29, 1.82) is 0 Å². The highest BCUT2D eigenvalue weighted by molar-refractivity contribution is 7.07. The zero-order valence-corrected chi connectivity index (χ0v) is 7.14. The Kier molecular flexibility index (Phi) is 2.05. The summed E-state index contributed by atoms with van der Waals surface area (Å²) in [5.74, 6) is 0.853. The van der Waals surface area contributed by atoms with Crippen LogP contribution in [0.15, 0.2) is 35.7 Å². The number of anilines is 2. The molecular formula is C9H7N2S. The van der Waals surface area contributed by atoms with Crippen molar-refractivity contribution in [2.24, 2.45) is 0 Å². The van der Waals surface area contributed by atoms with E-state index >= 15 is 0 Å². The van der Waals surface area contributed by atoms with Crippen LogP contribution in [0, 0.1) is 5.51 Å². The normalized spacial score (nSPS) is 9.67. The van der Waals surface area contributed by atoms with Crippen molar-refractivity contribution < 1.29 is 0 Å². The van der Waals surface area contributed by atoms with Crippen molar-refractivity contribution in [1.82, 2.24) is 4.98 Å². The van der Waals surface area contributed by atoms with Gasteiger partial charge in [-0.05, 0) is 12.1 Å². The SMILES string of the molecule is [c]1nc(Nc2ccccc2)cs1. The summed E-state index contributed by atoms with van der Waals surface area (Å²) in [5.41, 5.74) is 3.83. The van der Waals surface area contributed by atoms with E-state index in [0.29, 0.717) is 0 Å². The predicted molar refractivity (Wildman–Crippen MR) is 50.7 cm³/mol. The van der Waals surface area contributed by atoms with E-state index in [4.69, 9.17) is 0 Å². The Morgan fingerprint density at radius 2 is 2.08 bits per heavy atom. The minimum absolute atomic E-state index is 0.853. The number of benzene rings is 1. The van der Waals surface area contributed by atoms with Crippen molar-refractivity contribution in [3.05, 3.63) is 41.2 Å². The molecule has 0 atom stereocenters. The van der Waals surface area contributed by atoms with Crippen LogP contribution in [0.4, 0.5) is 11.5 Å². The molecule has 0 saturated heterocycles. The van der Waals surface area contributed by atoms with Gasteiger partial charge in [0.1, 0.15) is 5.82 Å². The fourth-order valence-electron chi connectivity index (χ4n) is 0.911. The van der Waals surface area contributed by atoms with Crippen LogP contribution >= 0.6 is 11.3 Å². The standard InChI is InChI=1S/C9H7N2S/c1-2-4-8(5-3-1)11-9-6-12-7-10-9/h1-6,11H. The maximum absolute atomic E-state index is 3.99. The van der Waals surface area contributed by atoms with Crippen molar-refractivity contribution in [2.75, 3.05) is 5.32 Å². The van der Waals surface area contributed by atoms with E-state index < -0.39 is 0 Å². The van der Waals surface area contributed by atoms with Gasteiger partial charge >= 0.3 is 0 Å². The Morgan fingerprint density at radius 3 is 2.75 bits per heavy atom. The van der Waals surface area contributed by atoms with Crippen LogP contribution in [0.3, 0.4) is 0 Å². The summed E-state index contributed by atoms with van der Waals surface area (Å²) in [5, 5.41) is 5.08. The first kappa shape index (κ1) is 7.31. The Labute approximate surface area is 74.9 Å². The number of aromatic nitrogens is 1. The van der Waals surface area contributed by atoms with E-state index in [1.165, 1.54) is 11.3 Å². The van der Waals surface area contributed by atoms with Gasteiger partial charge in [0.25, 0.3) is 0 Å². The third kappa shape index (κ3) is 1.62. The molecule has 0 aliphatic heterocycles. The fraction of sp³-hybridized carbons (Fsp3) is 0. The second-order valence-electron chi connectivity index (χ2n) is 2.32. The second-order valence-corrected chi connectivity index (χ2v) is 2.97. The van der Waals surface area contributed by atoms with Gasteiger partial charge in [-0.1, -0.05) is 18.2 Å². The highest BCUT2D eigenvalue weighted by Crippen LogP contribution is 2.14. The van der Waals surface area contributed by atoms with Crippen LogP contribution in [0.2, 0.25) is 0 Å². The molecule has 3 heteroatoms. The lowest BCUT2D eigenvalue weighted by Crippen LogP contribution is -1.88. The molecule has 1 heterocycles. The van der Waals surface area contributed by atoms with Gasteiger partial charge in [0, 0.05) is 11.1 Å². The molecule has 0 aliphatic rings. The minimum Gasteiger partial charge on any atom is -0.340 e. The Balaban J connectivity index is 2.15. The Bertz CT molecular complexity index is 329. The first-order valence-corrected chi connectivity index (χ1v) is 4.47. The van der Waals surface area contributed by atoms with Crippen molar-refractivity contribution in [3.8, 4) is 0 Å². The largest absolute Gasteiger partial charge is 0.340 e.